The first-order valence-electron chi connectivity index (χ1n) is 8.34. The van der Waals surface area contributed by atoms with E-state index in [9.17, 15) is 4.79 Å². The highest BCUT2D eigenvalue weighted by molar-refractivity contribution is 5.75. The van der Waals surface area contributed by atoms with Crippen LogP contribution in [0.4, 0.5) is 4.79 Å². The van der Waals surface area contributed by atoms with E-state index in [1.165, 1.54) is 12.0 Å². The molecule has 0 N–H and O–H groups in total. The molecule has 2 fully saturated rings. The van der Waals surface area contributed by atoms with Crippen LogP contribution in [0.3, 0.4) is 0 Å². The smallest absolute Gasteiger partial charge is 0.320 e. The molecule has 1 aromatic heterocycles. The molecule has 0 bridgehead atoms. The molecule has 0 aromatic carbocycles. The molecule has 0 radical (unpaired) electrons. The lowest BCUT2D eigenvalue weighted by Crippen LogP contribution is -2.49. The topological polar surface area (TPSA) is 36.7 Å². The molecule has 2 aliphatic rings. The molecule has 2 saturated heterocycles. The summed E-state index contributed by atoms with van der Waals surface area (Å²) >= 11 is 0. The number of carbonyl (C=O) groups is 1. The number of furan rings is 1. The molecule has 2 aliphatic heterocycles. The van der Waals surface area contributed by atoms with Crippen molar-refractivity contribution < 1.29 is 9.21 Å². The number of likely N-dealkylation sites (tertiary alicyclic amines) is 2. The van der Waals surface area contributed by atoms with Crippen LogP contribution >= 0.6 is 0 Å². The molecule has 0 unspecified atom stereocenters. The van der Waals surface area contributed by atoms with Crippen molar-refractivity contribution >= 4 is 6.03 Å². The van der Waals surface area contributed by atoms with Crippen LogP contribution in [-0.4, -0.2) is 41.0 Å². The van der Waals surface area contributed by atoms with E-state index in [1.54, 1.807) is 6.26 Å². The quantitative estimate of drug-likeness (QED) is 0.851. The van der Waals surface area contributed by atoms with Crippen LogP contribution in [0.2, 0.25) is 0 Å². The third-order valence-corrected chi connectivity index (χ3v) is 4.98. The number of rotatable bonds is 3. The van der Waals surface area contributed by atoms with Crippen LogP contribution < -0.4 is 0 Å². The lowest BCUT2D eigenvalue weighted by molar-refractivity contribution is 0.124. The van der Waals surface area contributed by atoms with Gasteiger partial charge in [0.05, 0.1) is 12.5 Å². The summed E-state index contributed by atoms with van der Waals surface area (Å²) < 4.78 is 5.13. The van der Waals surface area contributed by atoms with E-state index in [0.717, 1.165) is 51.6 Å². The lowest BCUT2D eigenvalue weighted by atomic mass is 10.1. The third-order valence-electron chi connectivity index (χ3n) is 4.98. The molecule has 2 atom stereocenters. The van der Waals surface area contributed by atoms with Crippen molar-refractivity contribution in [3.8, 4) is 0 Å². The zero-order valence-electron chi connectivity index (χ0n) is 13.0. The summed E-state index contributed by atoms with van der Waals surface area (Å²) in [5, 5.41) is 0. The molecule has 116 valence electrons. The Hall–Kier alpha value is -1.45. The van der Waals surface area contributed by atoms with E-state index in [2.05, 4.69) is 16.7 Å². The van der Waals surface area contributed by atoms with E-state index in [0.29, 0.717) is 12.1 Å². The number of hydrogen-bond donors (Lipinski definition) is 0. The number of carbonyl (C=O) groups excluding carboxylic acids is 1. The van der Waals surface area contributed by atoms with Crippen LogP contribution in [-0.2, 0) is 6.42 Å². The molecule has 0 aliphatic carbocycles. The number of amides is 2. The highest BCUT2D eigenvalue weighted by atomic mass is 16.3. The Morgan fingerprint density at radius 1 is 1.29 bits per heavy atom. The minimum absolute atomic E-state index is 0.275. The number of aryl methyl sites for hydroxylation is 1. The maximum Gasteiger partial charge on any atom is 0.320 e. The molecular weight excluding hydrogens is 264 g/mol. The SMILES string of the molecule is C[C@@H]1CC[C@H](CCc2ccoc2)N1C(=O)N1CCCCC1. The predicted molar refractivity (Wildman–Crippen MR) is 82.2 cm³/mol. The van der Waals surface area contributed by atoms with Gasteiger partial charge < -0.3 is 14.2 Å². The van der Waals surface area contributed by atoms with Crippen LogP contribution in [0.1, 0.15) is 51.0 Å². The molecule has 1 aromatic rings. The first-order valence-corrected chi connectivity index (χ1v) is 8.34. The fraction of sp³-hybridized carbons (Fsp3) is 0.706. The number of hydrogen-bond acceptors (Lipinski definition) is 2. The predicted octanol–water partition coefficient (Wildman–Crippen LogP) is 3.67. The highest BCUT2D eigenvalue weighted by Crippen LogP contribution is 2.29. The van der Waals surface area contributed by atoms with Gasteiger partial charge in [0.1, 0.15) is 0 Å². The maximum absolute atomic E-state index is 12.8. The van der Waals surface area contributed by atoms with Gasteiger partial charge in [0, 0.05) is 25.2 Å². The Bertz CT molecular complexity index is 451. The first kappa shape index (κ1) is 14.5. The van der Waals surface area contributed by atoms with Gasteiger partial charge in [-0.05, 0) is 63.5 Å². The summed E-state index contributed by atoms with van der Waals surface area (Å²) in [5.41, 5.74) is 1.24. The molecule has 3 rings (SSSR count). The minimum atomic E-state index is 0.275. The van der Waals surface area contributed by atoms with E-state index >= 15 is 0 Å². The van der Waals surface area contributed by atoms with Gasteiger partial charge in [-0.15, -0.1) is 0 Å². The Labute approximate surface area is 127 Å². The van der Waals surface area contributed by atoms with Gasteiger partial charge >= 0.3 is 6.03 Å². The van der Waals surface area contributed by atoms with Crippen LogP contribution in [0.5, 0.6) is 0 Å². The van der Waals surface area contributed by atoms with Crippen molar-refractivity contribution in [1.82, 2.24) is 9.80 Å². The summed E-state index contributed by atoms with van der Waals surface area (Å²) in [6.45, 7) is 4.08. The largest absolute Gasteiger partial charge is 0.472 e. The Balaban J connectivity index is 1.61. The van der Waals surface area contributed by atoms with Crippen molar-refractivity contribution in [3.05, 3.63) is 24.2 Å². The van der Waals surface area contributed by atoms with Crippen molar-refractivity contribution in [2.45, 2.75) is 64.0 Å². The van der Waals surface area contributed by atoms with Crippen LogP contribution in [0, 0.1) is 0 Å². The second-order valence-electron chi connectivity index (χ2n) is 6.49. The number of piperidine rings is 1. The van der Waals surface area contributed by atoms with Crippen LogP contribution in [0.15, 0.2) is 23.0 Å². The zero-order chi connectivity index (χ0) is 14.7. The second-order valence-corrected chi connectivity index (χ2v) is 6.49. The Morgan fingerprint density at radius 3 is 2.81 bits per heavy atom. The molecule has 3 heterocycles. The highest BCUT2D eigenvalue weighted by Gasteiger charge is 2.36. The first-order chi connectivity index (χ1) is 10.3. The van der Waals surface area contributed by atoms with Gasteiger partial charge in [-0.2, -0.15) is 0 Å². The fourth-order valence-corrected chi connectivity index (χ4v) is 3.72. The molecule has 21 heavy (non-hydrogen) atoms. The summed E-state index contributed by atoms with van der Waals surface area (Å²) in [5.74, 6) is 0. The fourth-order valence-electron chi connectivity index (χ4n) is 3.72. The standard InChI is InChI=1S/C17H26N2O2/c1-14-5-7-16(8-6-15-9-12-21-13-15)19(14)17(20)18-10-3-2-4-11-18/h9,12-14,16H,2-8,10-11H2,1H3/t14-,16-/m1/s1. The van der Waals surface area contributed by atoms with Gasteiger partial charge in [-0.3, -0.25) is 0 Å². The summed E-state index contributed by atoms with van der Waals surface area (Å²) in [4.78, 5) is 17.0. The van der Waals surface area contributed by atoms with Gasteiger partial charge in [0.25, 0.3) is 0 Å². The Morgan fingerprint density at radius 2 is 2.10 bits per heavy atom. The average molecular weight is 290 g/mol. The zero-order valence-corrected chi connectivity index (χ0v) is 13.0. The molecule has 0 saturated carbocycles. The number of urea groups is 1. The van der Waals surface area contributed by atoms with Gasteiger partial charge in [0.2, 0.25) is 0 Å². The summed E-state index contributed by atoms with van der Waals surface area (Å²) in [7, 11) is 0. The van der Waals surface area contributed by atoms with Crippen molar-refractivity contribution in [3.63, 3.8) is 0 Å². The van der Waals surface area contributed by atoms with Crippen LogP contribution in [0.25, 0.3) is 0 Å². The molecule has 0 spiro atoms. The van der Waals surface area contributed by atoms with E-state index in [1.807, 2.05) is 12.3 Å². The monoisotopic (exact) mass is 290 g/mol. The van der Waals surface area contributed by atoms with Gasteiger partial charge in [-0.1, -0.05) is 0 Å². The van der Waals surface area contributed by atoms with E-state index < -0.39 is 0 Å². The van der Waals surface area contributed by atoms with Crippen molar-refractivity contribution in [2.75, 3.05) is 13.1 Å². The Kier molecular flexibility index (Phi) is 4.51. The normalized spacial score (nSPS) is 26.3. The summed E-state index contributed by atoms with van der Waals surface area (Å²) in [6.07, 6.45) is 11.4. The lowest BCUT2D eigenvalue weighted by Gasteiger charge is -2.36. The number of nitrogens with zero attached hydrogens (tertiary/aromatic N) is 2. The molecular formula is C17H26N2O2. The third kappa shape index (κ3) is 3.25. The molecule has 4 nitrogen and oxygen atoms in total. The molecule has 2 amide bonds. The van der Waals surface area contributed by atoms with E-state index in [-0.39, 0.29) is 6.03 Å². The minimum Gasteiger partial charge on any atom is -0.472 e. The second kappa shape index (κ2) is 6.54. The van der Waals surface area contributed by atoms with Crippen molar-refractivity contribution in [1.29, 1.82) is 0 Å². The summed E-state index contributed by atoms with van der Waals surface area (Å²) in [6, 6.07) is 3.07. The van der Waals surface area contributed by atoms with E-state index in [4.69, 9.17) is 4.42 Å². The van der Waals surface area contributed by atoms with Gasteiger partial charge in [0.15, 0.2) is 0 Å². The average Bonchev–Trinajstić information content (AvgIpc) is 3.15. The van der Waals surface area contributed by atoms with Gasteiger partial charge in [-0.25, -0.2) is 4.79 Å². The maximum atomic E-state index is 12.8. The molecule has 4 heteroatoms. The van der Waals surface area contributed by atoms with Crippen molar-refractivity contribution in [2.24, 2.45) is 0 Å².